The Hall–Kier alpha value is -0.340. The molecule has 0 aromatic heterocycles. The summed E-state index contributed by atoms with van der Waals surface area (Å²) in [7, 11) is 1.72. The normalized spacial score (nSPS) is 18.1. The van der Waals surface area contributed by atoms with Gasteiger partial charge in [-0.25, -0.2) is 0 Å². The Morgan fingerprint density at radius 3 is 2.36 bits per heavy atom. The molecule has 2 atom stereocenters. The van der Waals surface area contributed by atoms with Gasteiger partial charge in [-0.15, -0.1) is 0 Å². The van der Waals surface area contributed by atoms with Crippen LogP contribution in [0.15, 0.2) is 11.6 Å². The van der Waals surface area contributed by atoms with E-state index in [2.05, 4.69) is 6.08 Å². The second-order valence-electron chi connectivity index (χ2n) is 2.92. The van der Waals surface area contributed by atoms with Crippen molar-refractivity contribution in [1.29, 1.82) is 0 Å². The van der Waals surface area contributed by atoms with Gasteiger partial charge < -0.3 is 10.5 Å². The fraction of sp³-hybridized carbons (Fsp3) is 0.778. The Balaban J connectivity index is 3.97. The van der Waals surface area contributed by atoms with Crippen LogP contribution in [0.4, 0.5) is 0 Å². The quantitative estimate of drug-likeness (QED) is 0.630. The van der Waals surface area contributed by atoms with Gasteiger partial charge in [0.2, 0.25) is 0 Å². The molecule has 2 N–H and O–H groups in total. The minimum absolute atomic E-state index is 0.200. The molecule has 0 aliphatic rings. The molecule has 0 saturated heterocycles. The van der Waals surface area contributed by atoms with Crippen LogP contribution in [0, 0.1) is 0 Å². The first-order valence-corrected chi connectivity index (χ1v) is 4.05. The molecule has 0 aromatic carbocycles. The lowest BCUT2D eigenvalue weighted by Gasteiger charge is -2.15. The van der Waals surface area contributed by atoms with E-state index >= 15 is 0 Å². The maximum atomic E-state index is 5.66. The van der Waals surface area contributed by atoms with Crippen LogP contribution in [-0.4, -0.2) is 19.3 Å². The highest BCUT2D eigenvalue weighted by Crippen LogP contribution is 2.11. The molecule has 2 nitrogen and oxygen atoms in total. The first kappa shape index (κ1) is 10.7. The standard InChI is InChI=1S/C9H19NO/c1-5-9(6-7(2)10)8(3)11-4/h5,7-8H,6,10H2,1-4H3/b9-5-. The number of methoxy groups -OCH3 is 1. The second kappa shape index (κ2) is 5.33. The zero-order valence-electron chi connectivity index (χ0n) is 7.92. The van der Waals surface area contributed by atoms with Gasteiger partial charge >= 0.3 is 0 Å². The summed E-state index contributed by atoms with van der Waals surface area (Å²) in [6, 6.07) is 0.221. The van der Waals surface area contributed by atoms with E-state index in [4.69, 9.17) is 10.5 Å². The molecule has 2 unspecified atom stereocenters. The van der Waals surface area contributed by atoms with Crippen LogP contribution in [-0.2, 0) is 4.74 Å². The summed E-state index contributed by atoms with van der Waals surface area (Å²) in [6.45, 7) is 6.07. The highest BCUT2D eigenvalue weighted by Gasteiger charge is 2.07. The molecule has 0 aliphatic carbocycles. The topological polar surface area (TPSA) is 35.2 Å². The van der Waals surface area contributed by atoms with E-state index in [1.807, 2.05) is 20.8 Å². The van der Waals surface area contributed by atoms with Crippen LogP contribution in [0.5, 0.6) is 0 Å². The molecule has 0 saturated carbocycles. The molecule has 0 aromatic rings. The number of nitrogens with two attached hydrogens (primary N) is 1. The van der Waals surface area contributed by atoms with Crippen molar-refractivity contribution >= 4 is 0 Å². The SMILES string of the molecule is C/C=C(/CC(C)N)C(C)OC. The van der Waals surface area contributed by atoms with Crippen molar-refractivity contribution in [3.8, 4) is 0 Å². The number of allylic oxidation sites excluding steroid dienone is 1. The highest BCUT2D eigenvalue weighted by atomic mass is 16.5. The van der Waals surface area contributed by atoms with E-state index in [0.717, 1.165) is 6.42 Å². The lowest BCUT2D eigenvalue weighted by Crippen LogP contribution is -2.20. The van der Waals surface area contributed by atoms with Gasteiger partial charge in [-0.05, 0) is 32.8 Å². The van der Waals surface area contributed by atoms with Crippen molar-refractivity contribution < 1.29 is 4.74 Å². The Morgan fingerprint density at radius 2 is 2.09 bits per heavy atom. The van der Waals surface area contributed by atoms with Gasteiger partial charge in [-0.3, -0.25) is 0 Å². The van der Waals surface area contributed by atoms with E-state index in [1.165, 1.54) is 5.57 Å². The fourth-order valence-electron chi connectivity index (χ4n) is 1.04. The van der Waals surface area contributed by atoms with Crippen LogP contribution in [0.1, 0.15) is 27.2 Å². The first-order valence-electron chi connectivity index (χ1n) is 4.05. The highest BCUT2D eigenvalue weighted by molar-refractivity contribution is 5.07. The smallest absolute Gasteiger partial charge is 0.0753 e. The van der Waals surface area contributed by atoms with Crippen molar-refractivity contribution in [1.82, 2.24) is 0 Å². The largest absolute Gasteiger partial charge is 0.377 e. The van der Waals surface area contributed by atoms with E-state index in [-0.39, 0.29) is 12.1 Å². The lowest BCUT2D eigenvalue weighted by atomic mass is 10.0. The van der Waals surface area contributed by atoms with Gasteiger partial charge in [0.15, 0.2) is 0 Å². The third kappa shape index (κ3) is 4.17. The van der Waals surface area contributed by atoms with E-state index < -0.39 is 0 Å². The van der Waals surface area contributed by atoms with E-state index in [0.29, 0.717) is 0 Å². The minimum Gasteiger partial charge on any atom is -0.377 e. The molecule has 11 heavy (non-hydrogen) atoms. The van der Waals surface area contributed by atoms with Crippen molar-refractivity contribution in [3.63, 3.8) is 0 Å². The Bertz CT molecular complexity index is 130. The van der Waals surface area contributed by atoms with E-state index in [9.17, 15) is 0 Å². The average Bonchev–Trinajstić information content (AvgIpc) is 1.98. The molecule has 0 radical (unpaired) electrons. The Morgan fingerprint density at radius 1 is 1.55 bits per heavy atom. The monoisotopic (exact) mass is 157 g/mol. The number of hydrogen-bond donors (Lipinski definition) is 1. The van der Waals surface area contributed by atoms with Crippen molar-refractivity contribution in [2.45, 2.75) is 39.3 Å². The van der Waals surface area contributed by atoms with Crippen LogP contribution >= 0.6 is 0 Å². The zero-order chi connectivity index (χ0) is 8.85. The number of ether oxygens (including phenoxy) is 1. The maximum absolute atomic E-state index is 5.66. The summed E-state index contributed by atoms with van der Waals surface area (Å²) >= 11 is 0. The van der Waals surface area contributed by atoms with Crippen LogP contribution in [0.3, 0.4) is 0 Å². The molecule has 2 heteroatoms. The molecule has 0 amide bonds. The fourth-order valence-corrected chi connectivity index (χ4v) is 1.04. The molecular weight excluding hydrogens is 138 g/mol. The Labute approximate surface area is 69.4 Å². The first-order chi connectivity index (χ1) is 5.11. The predicted molar refractivity (Wildman–Crippen MR) is 48.5 cm³/mol. The van der Waals surface area contributed by atoms with Crippen LogP contribution in [0.25, 0.3) is 0 Å². The van der Waals surface area contributed by atoms with Crippen molar-refractivity contribution in [2.75, 3.05) is 7.11 Å². The molecule has 0 heterocycles. The summed E-state index contributed by atoms with van der Waals surface area (Å²) in [5.41, 5.74) is 6.95. The zero-order valence-corrected chi connectivity index (χ0v) is 7.92. The maximum Gasteiger partial charge on any atom is 0.0753 e. The van der Waals surface area contributed by atoms with E-state index in [1.54, 1.807) is 7.11 Å². The van der Waals surface area contributed by atoms with Crippen LogP contribution in [0.2, 0.25) is 0 Å². The lowest BCUT2D eigenvalue weighted by molar-refractivity contribution is 0.143. The summed E-state index contributed by atoms with van der Waals surface area (Å²) in [5.74, 6) is 0. The van der Waals surface area contributed by atoms with Gasteiger partial charge in [0.1, 0.15) is 0 Å². The molecule has 66 valence electrons. The van der Waals surface area contributed by atoms with Gasteiger partial charge in [-0.2, -0.15) is 0 Å². The number of hydrogen-bond acceptors (Lipinski definition) is 2. The molecule has 0 rings (SSSR count). The summed E-state index contributed by atoms with van der Waals surface area (Å²) in [6.07, 6.45) is 3.20. The van der Waals surface area contributed by atoms with Crippen LogP contribution < -0.4 is 5.73 Å². The molecular formula is C9H19NO. The Kier molecular flexibility index (Phi) is 5.16. The van der Waals surface area contributed by atoms with Crippen molar-refractivity contribution in [2.24, 2.45) is 5.73 Å². The minimum atomic E-state index is 0.200. The summed E-state index contributed by atoms with van der Waals surface area (Å²) in [5, 5.41) is 0. The van der Waals surface area contributed by atoms with Gasteiger partial charge in [0.05, 0.1) is 6.10 Å². The third-order valence-electron chi connectivity index (χ3n) is 1.80. The average molecular weight is 157 g/mol. The molecule has 0 bridgehead atoms. The van der Waals surface area contributed by atoms with Gasteiger partial charge in [0.25, 0.3) is 0 Å². The van der Waals surface area contributed by atoms with Crippen molar-refractivity contribution in [3.05, 3.63) is 11.6 Å². The van der Waals surface area contributed by atoms with Gasteiger partial charge in [-0.1, -0.05) is 6.08 Å². The third-order valence-corrected chi connectivity index (χ3v) is 1.80. The summed E-state index contributed by atoms with van der Waals surface area (Å²) < 4.78 is 5.18. The molecule has 0 aliphatic heterocycles. The molecule has 0 spiro atoms. The predicted octanol–water partition coefficient (Wildman–Crippen LogP) is 1.70. The second-order valence-corrected chi connectivity index (χ2v) is 2.92. The number of rotatable bonds is 4. The summed E-state index contributed by atoms with van der Waals surface area (Å²) in [4.78, 5) is 0. The molecule has 0 fully saturated rings. The van der Waals surface area contributed by atoms with Gasteiger partial charge in [0, 0.05) is 13.2 Å².